The van der Waals surface area contributed by atoms with Crippen LogP contribution in [0.15, 0.2) is 54.6 Å². The third-order valence-corrected chi connectivity index (χ3v) is 3.15. The van der Waals surface area contributed by atoms with Gasteiger partial charge in [-0.05, 0) is 29.8 Å². The summed E-state index contributed by atoms with van der Waals surface area (Å²) in [6.07, 6.45) is 0.463. The van der Waals surface area contributed by atoms with E-state index in [0.29, 0.717) is 12.1 Å². The van der Waals surface area contributed by atoms with Crippen LogP contribution in [0.5, 0.6) is 0 Å². The number of nitrogens with zero attached hydrogens (tertiary/aromatic N) is 4. The molecule has 3 rings (SSSR count). The minimum Gasteiger partial charge on any atom is -0.216 e. The maximum atomic E-state index is 13.0. The second-order valence-corrected chi connectivity index (χ2v) is 4.55. The first-order valence-electron chi connectivity index (χ1n) is 6.42. The minimum atomic E-state index is -0.283. The highest BCUT2D eigenvalue weighted by atomic mass is 19.1. The van der Waals surface area contributed by atoms with Gasteiger partial charge >= 0.3 is 0 Å². The number of hydrogen-bond acceptors (Lipinski definition) is 3. The van der Waals surface area contributed by atoms with Crippen molar-refractivity contribution in [2.24, 2.45) is 0 Å². The van der Waals surface area contributed by atoms with E-state index < -0.39 is 0 Å². The lowest BCUT2D eigenvalue weighted by Crippen LogP contribution is -2.04. The van der Waals surface area contributed by atoms with Crippen molar-refractivity contribution in [3.8, 4) is 11.8 Å². The van der Waals surface area contributed by atoms with Crippen LogP contribution in [0.25, 0.3) is 5.69 Å². The standard InChI is InChI=1S/C16H11FN4/c17-13-8-6-12(7-9-13)10-16-15(11-18)19-20-21(16)14-4-2-1-3-5-14/h1-9H,10H2. The average molecular weight is 278 g/mol. The molecular weight excluding hydrogens is 267 g/mol. The molecule has 2 aromatic carbocycles. The van der Waals surface area contributed by atoms with Gasteiger partial charge in [0.25, 0.3) is 0 Å². The molecule has 0 aliphatic rings. The zero-order valence-electron chi connectivity index (χ0n) is 11.1. The fourth-order valence-corrected chi connectivity index (χ4v) is 2.12. The summed E-state index contributed by atoms with van der Waals surface area (Å²) in [6.45, 7) is 0. The van der Waals surface area contributed by atoms with Crippen LogP contribution >= 0.6 is 0 Å². The summed E-state index contributed by atoms with van der Waals surface area (Å²) in [5.74, 6) is -0.283. The van der Waals surface area contributed by atoms with E-state index in [4.69, 9.17) is 0 Å². The number of hydrogen-bond donors (Lipinski definition) is 0. The van der Waals surface area contributed by atoms with Gasteiger partial charge in [0.2, 0.25) is 0 Å². The Balaban J connectivity index is 2.03. The van der Waals surface area contributed by atoms with E-state index in [-0.39, 0.29) is 11.5 Å². The number of benzene rings is 2. The lowest BCUT2D eigenvalue weighted by atomic mass is 10.1. The molecule has 0 spiro atoms. The van der Waals surface area contributed by atoms with E-state index in [1.54, 1.807) is 16.8 Å². The van der Waals surface area contributed by atoms with Crippen LogP contribution in [0, 0.1) is 17.1 Å². The van der Waals surface area contributed by atoms with E-state index in [1.807, 2.05) is 36.4 Å². The molecule has 0 saturated carbocycles. The zero-order chi connectivity index (χ0) is 14.7. The summed E-state index contributed by atoms with van der Waals surface area (Å²) in [5.41, 5.74) is 2.70. The van der Waals surface area contributed by atoms with E-state index in [2.05, 4.69) is 10.3 Å². The Morgan fingerprint density at radius 3 is 2.43 bits per heavy atom. The van der Waals surface area contributed by atoms with Crippen LogP contribution in [0.2, 0.25) is 0 Å². The highest BCUT2D eigenvalue weighted by Gasteiger charge is 2.14. The molecule has 1 heterocycles. The predicted octanol–water partition coefficient (Wildman–Crippen LogP) is 2.87. The molecule has 0 aliphatic heterocycles. The van der Waals surface area contributed by atoms with E-state index in [0.717, 1.165) is 11.3 Å². The van der Waals surface area contributed by atoms with Crippen LogP contribution in [-0.2, 0) is 6.42 Å². The van der Waals surface area contributed by atoms with Crippen molar-refractivity contribution in [1.82, 2.24) is 15.0 Å². The molecule has 0 radical (unpaired) electrons. The Bertz CT molecular complexity index is 785. The first-order valence-corrected chi connectivity index (χ1v) is 6.42. The van der Waals surface area contributed by atoms with Gasteiger partial charge in [-0.25, -0.2) is 9.07 Å². The number of nitriles is 1. The Kier molecular flexibility index (Phi) is 3.44. The topological polar surface area (TPSA) is 54.5 Å². The molecule has 1 aromatic heterocycles. The number of para-hydroxylation sites is 1. The second-order valence-electron chi connectivity index (χ2n) is 4.55. The number of halogens is 1. The Morgan fingerprint density at radius 2 is 1.76 bits per heavy atom. The van der Waals surface area contributed by atoms with Gasteiger partial charge in [-0.3, -0.25) is 0 Å². The van der Waals surface area contributed by atoms with Gasteiger partial charge in [0.15, 0.2) is 5.69 Å². The zero-order valence-corrected chi connectivity index (χ0v) is 11.1. The molecule has 0 aliphatic carbocycles. The molecule has 0 amide bonds. The normalized spacial score (nSPS) is 10.3. The Morgan fingerprint density at radius 1 is 1.05 bits per heavy atom. The van der Waals surface area contributed by atoms with Crippen molar-refractivity contribution in [2.75, 3.05) is 0 Å². The summed E-state index contributed by atoms with van der Waals surface area (Å²) in [6, 6.07) is 17.7. The van der Waals surface area contributed by atoms with E-state index in [9.17, 15) is 9.65 Å². The summed E-state index contributed by atoms with van der Waals surface area (Å²) < 4.78 is 14.6. The SMILES string of the molecule is N#Cc1nnn(-c2ccccc2)c1Cc1ccc(F)cc1. The van der Waals surface area contributed by atoms with Crippen molar-refractivity contribution < 1.29 is 4.39 Å². The third-order valence-electron chi connectivity index (χ3n) is 3.15. The highest BCUT2D eigenvalue weighted by Crippen LogP contribution is 2.16. The third kappa shape index (κ3) is 2.65. The van der Waals surface area contributed by atoms with Gasteiger partial charge in [0.1, 0.15) is 11.9 Å². The summed E-state index contributed by atoms with van der Waals surface area (Å²) in [4.78, 5) is 0. The smallest absolute Gasteiger partial charge is 0.186 e. The molecule has 0 atom stereocenters. The molecule has 0 N–H and O–H groups in total. The molecule has 102 valence electrons. The molecule has 3 aromatic rings. The lowest BCUT2D eigenvalue weighted by molar-refractivity contribution is 0.627. The van der Waals surface area contributed by atoms with Crippen LogP contribution < -0.4 is 0 Å². The van der Waals surface area contributed by atoms with Gasteiger partial charge < -0.3 is 0 Å². The largest absolute Gasteiger partial charge is 0.216 e. The maximum absolute atomic E-state index is 13.0. The number of rotatable bonds is 3. The second kappa shape index (κ2) is 5.55. The van der Waals surface area contributed by atoms with Gasteiger partial charge in [-0.15, -0.1) is 5.10 Å². The summed E-state index contributed by atoms with van der Waals surface area (Å²) in [7, 11) is 0. The maximum Gasteiger partial charge on any atom is 0.186 e. The van der Waals surface area contributed by atoms with E-state index in [1.165, 1.54) is 12.1 Å². The highest BCUT2D eigenvalue weighted by molar-refractivity contribution is 5.38. The average Bonchev–Trinajstić information content (AvgIpc) is 2.93. The number of aromatic nitrogens is 3. The van der Waals surface area contributed by atoms with E-state index >= 15 is 0 Å². The van der Waals surface area contributed by atoms with Gasteiger partial charge in [-0.1, -0.05) is 35.5 Å². The monoisotopic (exact) mass is 278 g/mol. The minimum absolute atomic E-state index is 0.281. The molecule has 0 fully saturated rings. The fourth-order valence-electron chi connectivity index (χ4n) is 2.12. The van der Waals surface area contributed by atoms with Crippen LogP contribution in [0.4, 0.5) is 4.39 Å². The molecule has 0 unspecified atom stereocenters. The van der Waals surface area contributed by atoms with Crippen molar-refractivity contribution in [3.63, 3.8) is 0 Å². The quantitative estimate of drug-likeness (QED) is 0.740. The van der Waals surface area contributed by atoms with Gasteiger partial charge in [0, 0.05) is 6.42 Å². The van der Waals surface area contributed by atoms with Crippen LogP contribution in [0.1, 0.15) is 17.0 Å². The predicted molar refractivity (Wildman–Crippen MR) is 75.3 cm³/mol. The first kappa shape index (κ1) is 13.0. The summed E-state index contributed by atoms with van der Waals surface area (Å²) >= 11 is 0. The summed E-state index contributed by atoms with van der Waals surface area (Å²) in [5, 5.41) is 17.1. The molecule has 21 heavy (non-hydrogen) atoms. The Hall–Kier alpha value is -3.00. The molecule has 0 bridgehead atoms. The van der Waals surface area contributed by atoms with Crippen molar-refractivity contribution in [3.05, 3.63) is 77.4 Å². The molecular formula is C16H11FN4. The molecule has 4 nitrogen and oxygen atoms in total. The Labute approximate surface area is 121 Å². The van der Waals surface area contributed by atoms with Crippen molar-refractivity contribution in [1.29, 1.82) is 5.26 Å². The van der Waals surface area contributed by atoms with Crippen LogP contribution in [0.3, 0.4) is 0 Å². The van der Waals surface area contributed by atoms with Gasteiger partial charge in [-0.2, -0.15) is 5.26 Å². The molecule has 0 saturated heterocycles. The van der Waals surface area contributed by atoms with Crippen LogP contribution in [-0.4, -0.2) is 15.0 Å². The first-order chi connectivity index (χ1) is 10.3. The lowest BCUT2D eigenvalue weighted by Gasteiger charge is -2.06. The van der Waals surface area contributed by atoms with Gasteiger partial charge in [0.05, 0.1) is 11.4 Å². The fraction of sp³-hybridized carbons (Fsp3) is 0.0625. The van der Waals surface area contributed by atoms with Crippen molar-refractivity contribution >= 4 is 0 Å². The molecule has 5 heteroatoms. The van der Waals surface area contributed by atoms with Crippen molar-refractivity contribution in [2.45, 2.75) is 6.42 Å².